The van der Waals surface area contributed by atoms with Gasteiger partial charge in [-0.3, -0.25) is 9.59 Å². The summed E-state index contributed by atoms with van der Waals surface area (Å²) < 4.78 is 10.8. The Balaban J connectivity index is 1.80. The summed E-state index contributed by atoms with van der Waals surface area (Å²) in [5, 5.41) is 1.10. The van der Waals surface area contributed by atoms with E-state index >= 15 is 0 Å². The first-order valence-electron chi connectivity index (χ1n) is 10.1. The minimum atomic E-state index is -0.815. The lowest BCUT2D eigenvalue weighted by molar-refractivity contribution is -0.172. The Hall–Kier alpha value is -2.50. The second-order valence-corrected chi connectivity index (χ2v) is 8.38. The number of benzene rings is 1. The monoisotopic (exact) mass is 382 g/mol. The molecule has 2 aromatic rings. The van der Waals surface area contributed by atoms with Gasteiger partial charge in [0.1, 0.15) is 11.2 Å². The zero-order chi connectivity index (χ0) is 19.6. The Kier molecular flexibility index (Phi) is 3.77. The SMILES string of the molecule is CCC1CC2CC3(C(=O)OC)c4[nH]c5cc(OC)ccc5c4CCN(C2=O)C13. The fraction of sp³-hybridized carbons (Fsp3) is 0.545. The number of fused-ring (bicyclic) bond motifs is 4. The Bertz CT molecular complexity index is 980. The topological polar surface area (TPSA) is 71.6 Å². The van der Waals surface area contributed by atoms with Gasteiger partial charge in [-0.15, -0.1) is 0 Å². The lowest BCUT2D eigenvalue weighted by atomic mass is 9.56. The third-order valence-corrected chi connectivity index (χ3v) is 7.31. The third kappa shape index (κ3) is 2.03. The molecule has 148 valence electrons. The van der Waals surface area contributed by atoms with E-state index in [0.717, 1.165) is 47.2 Å². The first kappa shape index (κ1) is 17.6. The van der Waals surface area contributed by atoms with E-state index in [1.165, 1.54) is 7.11 Å². The molecule has 6 rings (SSSR count). The van der Waals surface area contributed by atoms with Gasteiger partial charge >= 0.3 is 5.97 Å². The van der Waals surface area contributed by atoms with E-state index in [4.69, 9.17) is 9.47 Å². The van der Waals surface area contributed by atoms with E-state index in [1.807, 2.05) is 17.0 Å². The molecule has 4 atom stereocenters. The van der Waals surface area contributed by atoms with Crippen molar-refractivity contribution in [3.05, 3.63) is 29.5 Å². The number of aromatic amines is 1. The predicted octanol–water partition coefficient (Wildman–Crippen LogP) is 2.79. The van der Waals surface area contributed by atoms with Gasteiger partial charge in [-0.2, -0.15) is 0 Å². The number of H-pyrrole nitrogens is 1. The number of piperidine rings is 2. The Morgan fingerprint density at radius 2 is 2.18 bits per heavy atom. The molecule has 2 saturated heterocycles. The van der Waals surface area contributed by atoms with Crippen molar-refractivity contribution >= 4 is 22.8 Å². The second kappa shape index (κ2) is 6.00. The fourth-order valence-corrected chi connectivity index (χ4v) is 6.18. The summed E-state index contributed by atoms with van der Waals surface area (Å²) in [6.07, 6.45) is 3.10. The van der Waals surface area contributed by atoms with Crippen LogP contribution in [0.1, 0.15) is 37.4 Å². The highest BCUT2D eigenvalue weighted by atomic mass is 16.5. The summed E-state index contributed by atoms with van der Waals surface area (Å²) in [5.41, 5.74) is 2.25. The number of esters is 1. The van der Waals surface area contributed by atoms with E-state index in [-0.39, 0.29) is 23.8 Å². The van der Waals surface area contributed by atoms with Gasteiger partial charge in [0, 0.05) is 35.1 Å². The number of nitrogens with zero attached hydrogens (tertiary/aromatic N) is 1. The first-order chi connectivity index (χ1) is 13.5. The standard InChI is InChI=1S/C22H26N2O4/c1-4-12-9-13-11-22(21(26)28-3)18-16(7-8-24(19(12)22)20(13)25)15-6-5-14(27-2)10-17(15)23-18/h5-6,10,12-13,19,23H,4,7-9,11H2,1-3H3. The molecule has 6 heteroatoms. The van der Waals surface area contributed by atoms with Crippen LogP contribution in [0, 0.1) is 11.8 Å². The van der Waals surface area contributed by atoms with Crippen molar-refractivity contribution in [2.24, 2.45) is 11.8 Å². The largest absolute Gasteiger partial charge is 0.497 e. The molecule has 4 heterocycles. The Morgan fingerprint density at radius 1 is 1.36 bits per heavy atom. The van der Waals surface area contributed by atoms with Gasteiger partial charge in [0.05, 0.1) is 20.3 Å². The molecule has 3 fully saturated rings. The zero-order valence-electron chi connectivity index (χ0n) is 16.6. The molecule has 3 aliphatic heterocycles. The molecule has 1 amide bonds. The van der Waals surface area contributed by atoms with Crippen molar-refractivity contribution in [3.8, 4) is 5.75 Å². The maximum Gasteiger partial charge on any atom is 0.319 e. The van der Waals surface area contributed by atoms with Gasteiger partial charge < -0.3 is 19.4 Å². The number of aromatic nitrogens is 1. The zero-order valence-corrected chi connectivity index (χ0v) is 16.6. The number of amides is 1. The van der Waals surface area contributed by atoms with Gasteiger partial charge in [-0.25, -0.2) is 0 Å². The van der Waals surface area contributed by atoms with Crippen molar-refractivity contribution in [3.63, 3.8) is 0 Å². The highest BCUT2D eigenvalue weighted by molar-refractivity contribution is 5.95. The summed E-state index contributed by atoms with van der Waals surface area (Å²) >= 11 is 0. The smallest absolute Gasteiger partial charge is 0.319 e. The number of carbonyl (C=O) groups excluding carboxylic acids is 2. The molecule has 6 nitrogen and oxygen atoms in total. The van der Waals surface area contributed by atoms with Gasteiger partial charge in [0.15, 0.2) is 0 Å². The van der Waals surface area contributed by atoms with Crippen LogP contribution in [0.2, 0.25) is 0 Å². The van der Waals surface area contributed by atoms with E-state index < -0.39 is 5.41 Å². The number of hydrogen-bond acceptors (Lipinski definition) is 4. The van der Waals surface area contributed by atoms with Crippen LogP contribution >= 0.6 is 0 Å². The highest BCUT2D eigenvalue weighted by Gasteiger charge is 2.65. The molecular weight excluding hydrogens is 356 g/mol. The van der Waals surface area contributed by atoms with Crippen molar-refractivity contribution in [2.75, 3.05) is 20.8 Å². The van der Waals surface area contributed by atoms with Crippen LogP contribution in [0.25, 0.3) is 10.9 Å². The maximum absolute atomic E-state index is 13.4. The Morgan fingerprint density at radius 3 is 2.89 bits per heavy atom. The van der Waals surface area contributed by atoms with Crippen molar-refractivity contribution in [1.82, 2.24) is 9.88 Å². The third-order valence-electron chi connectivity index (χ3n) is 7.31. The number of nitrogens with one attached hydrogen (secondary N) is 1. The molecule has 0 radical (unpaired) electrons. The van der Waals surface area contributed by atoms with Crippen LogP contribution in [-0.4, -0.2) is 48.6 Å². The Labute approximate surface area is 164 Å². The number of hydrogen-bond donors (Lipinski definition) is 1. The average molecular weight is 382 g/mol. The van der Waals surface area contributed by atoms with Crippen LogP contribution in [0.4, 0.5) is 0 Å². The number of rotatable bonds is 3. The van der Waals surface area contributed by atoms with Crippen LogP contribution in [-0.2, 0) is 26.2 Å². The molecule has 1 aromatic carbocycles. The van der Waals surface area contributed by atoms with Crippen LogP contribution in [0.3, 0.4) is 0 Å². The molecule has 1 aromatic heterocycles. The van der Waals surface area contributed by atoms with E-state index in [0.29, 0.717) is 18.9 Å². The minimum absolute atomic E-state index is 0.110. The molecule has 1 saturated carbocycles. The predicted molar refractivity (Wildman–Crippen MR) is 104 cm³/mol. The van der Waals surface area contributed by atoms with Crippen LogP contribution in [0.5, 0.6) is 5.75 Å². The number of carbonyl (C=O) groups is 2. The summed E-state index contributed by atoms with van der Waals surface area (Å²) in [5.74, 6) is 0.970. The van der Waals surface area contributed by atoms with Gasteiger partial charge in [-0.05, 0) is 42.9 Å². The van der Waals surface area contributed by atoms with Gasteiger partial charge in [0.25, 0.3) is 0 Å². The summed E-state index contributed by atoms with van der Waals surface area (Å²) in [6, 6.07) is 5.84. The van der Waals surface area contributed by atoms with Crippen molar-refractivity contribution in [2.45, 2.75) is 44.1 Å². The quantitative estimate of drug-likeness (QED) is 0.829. The van der Waals surface area contributed by atoms with Crippen LogP contribution < -0.4 is 4.74 Å². The second-order valence-electron chi connectivity index (χ2n) is 8.38. The molecule has 1 aliphatic carbocycles. The van der Waals surface area contributed by atoms with E-state index in [9.17, 15) is 9.59 Å². The molecular formula is C22H26N2O4. The lowest BCUT2D eigenvalue weighted by Crippen LogP contribution is -2.69. The summed E-state index contributed by atoms with van der Waals surface area (Å²) in [7, 11) is 3.11. The van der Waals surface area contributed by atoms with Crippen molar-refractivity contribution in [1.29, 1.82) is 0 Å². The first-order valence-corrected chi connectivity index (χ1v) is 10.1. The van der Waals surface area contributed by atoms with Crippen molar-refractivity contribution < 1.29 is 19.1 Å². The number of ether oxygens (including phenoxy) is 2. The van der Waals surface area contributed by atoms with E-state index in [2.05, 4.69) is 18.0 Å². The van der Waals surface area contributed by atoms with Gasteiger partial charge in [0.2, 0.25) is 5.91 Å². The maximum atomic E-state index is 13.4. The highest BCUT2D eigenvalue weighted by Crippen LogP contribution is 2.55. The van der Waals surface area contributed by atoms with E-state index in [1.54, 1.807) is 7.11 Å². The molecule has 4 bridgehead atoms. The molecule has 4 aliphatic rings. The lowest BCUT2D eigenvalue weighted by Gasteiger charge is -2.57. The van der Waals surface area contributed by atoms with Crippen LogP contribution in [0.15, 0.2) is 18.2 Å². The molecule has 0 spiro atoms. The minimum Gasteiger partial charge on any atom is -0.497 e. The fourth-order valence-electron chi connectivity index (χ4n) is 6.18. The molecule has 4 unspecified atom stereocenters. The molecule has 1 N–H and O–H groups in total. The van der Waals surface area contributed by atoms with Gasteiger partial charge in [-0.1, -0.05) is 13.3 Å². The normalized spacial score (nSPS) is 30.9. The summed E-state index contributed by atoms with van der Waals surface area (Å²) in [4.78, 5) is 32.0. The number of methoxy groups -OCH3 is 2. The molecule has 28 heavy (non-hydrogen) atoms. The average Bonchev–Trinajstić information content (AvgIpc) is 3.04. The summed E-state index contributed by atoms with van der Waals surface area (Å²) in [6.45, 7) is 2.81.